The molecule has 168 valence electrons. The van der Waals surface area contributed by atoms with E-state index in [0.717, 1.165) is 35.0 Å². The van der Waals surface area contributed by atoms with Gasteiger partial charge in [0, 0.05) is 6.54 Å². The second-order valence-electron chi connectivity index (χ2n) is 8.42. The van der Waals surface area contributed by atoms with Gasteiger partial charge in [0.1, 0.15) is 24.0 Å². The predicted molar refractivity (Wildman–Crippen MR) is 124 cm³/mol. The number of aryl methyl sites for hydroxylation is 1. The Bertz CT molecular complexity index is 1290. The second kappa shape index (κ2) is 9.16. The molecule has 0 saturated carbocycles. The lowest BCUT2D eigenvalue weighted by Crippen LogP contribution is -2.33. The van der Waals surface area contributed by atoms with Crippen LogP contribution in [0.25, 0.3) is 22.2 Å². The van der Waals surface area contributed by atoms with Crippen molar-refractivity contribution in [1.82, 2.24) is 9.88 Å². The van der Waals surface area contributed by atoms with E-state index in [-0.39, 0.29) is 24.4 Å². The van der Waals surface area contributed by atoms with Crippen molar-refractivity contribution < 1.29 is 18.3 Å². The maximum Gasteiger partial charge on any atom is 0.249 e. The third kappa shape index (κ3) is 4.52. The number of benzene rings is 3. The summed E-state index contributed by atoms with van der Waals surface area (Å²) in [6.45, 7) is 2.84. The molecule has 33 heavy (non-hydrogen) atoms. The summed E-state index contributed by atoms with van der Waals surface area (Å²) in [6.07, 6.45) is 1.70. The topological polar surface area (TPSA) is 55.6 Å². The third-order valence-electron chi connectivity index (χ3n) is 6.09. The highest BCUT2D eigenvalue weighted by Gasteiger charge is 2.33. The molecule has 1 aliphatic heterocycles. The molecule has 0 spiro atoms. The van der Waals surface area contributed by atoms with Crippen molar-refractivity contribution in [3.05, 3.63) is 89.6 Å². The van der Waals surface area contributed by atoms with E-state index in [0.29, 0.717) is 30.2 Å². The molecule has 1 amide bonds. The van der Waals surface area contributed by atoms with E-state index >= 15 is 0 Å². The van der Waals surface area contributed by atoms with E-state index in [2.05, 4.69) is 0 Å². The molecule has 5 nitrogen and oxygen atoms in total. The number of hydrogen-bond acceptors (Lipinski definition) is 4. The van der Waals surface area contributed by atoms with Crippen molar-refractivity contribution in [1.29, 1.82) is 0 Å². The first-order chi connectivity index (χ1) is 16.1. The molecular weight excluding hydrogens is 419 g/mol. The van der Waals surface area contributed by atoms with Gasteiger partial charge in [0.25, 0.3) is 0 Å². The molecule has 1 aliphatic rings. The summed E-state index contributed by atoms with van der Waals surface area (Å²) in [5, 5.41) is 0. The molecule has 3 aromatic carbocycles. The molecule has 4 aromatic rings. The molecule has 6 heteroatoms. The Hall–Kier alpha value is -3.51. The largest absolute Gasteiger partial charge is 0.438 e. The zero-order chi connectivity index (χ0) is 22.8. The summed E-state index contributed by atoms with van der Waals surface area (Å²) >= 11 is 0. The van der Waals surface area contributed by atoms with E-state index < -0.39 is 0 Å². The van der Waals surface area contributed by atoms with Gasteiger partial charge in [-0.25, -0.2) is 9.37 Å². The van der Waals surface area contributed by atoms with Crippen LogP contribution in [0, 0.1) is 12.7 Å². The molecule has 1 unspecified atom stereocenters. The maximum absolute atomic E-state index is 13.6. The summed E-state index contributed by atoms with van der Waals surface area (Å²) in [4.78, 5) is 19.3. The molecule has 1 fully saturated rings. The van der Waals surface area contributed by atoms with Crippen molar-refractivity contribution in [2.75, 3.05) is 13.2 Å². The van der Waals surface area contributed by atoms with Gasteiger partial charge in [-0.2, -0.15) is 0 Å². The number of ether oxygens (including phenoxy) is 1. The SMILES string of the molecule is Cc1cc(-c2ccc3oc(C4CCCN4C(=O)COCc4ccccc4)nc3c2)ccc1F. The number of halogens is 1. The van der Waals surface area contributed by atoms with Crippen LogP contribution in [0.3, 0.4) is 0 Å². The number of carbonyl (C=O) groups is 1. The third-order valence-corrected chi connectivity index (χ3v) is 6.09. The van der Waals surface area contributed by atoms with Gasteiger partial charge in [0.15, 0.2) is 5.58 Å². The monoisotopic (exact) mass is 444 g/mol. The minimum absolute atomic E-state index is 0.0275. The van der Waals surface area contributed by atoms with Gasteiger partial charge in [-0.05, 0) is 66.3 Å². The number of amides is 1. The van der Waals surface area contributed by atoms with Crippen LogP contribution in [0.1, 0.15) is 35.9 Å². The van der Waals surface area contributed by atoms with E-state index in [1.165, 1.54) is 6.07 Å². The number of fused-ring (bicyclic) bond motifs is 1. The van der Waals surface area contributed by atoms with Crippen LogP contribution < -0.4 is 0 Å². The van der Waals surface area contributed by atoms with Crippen LogP contribution >= 0.6 is 0 Å². The van der Waals surface area contributed by atoms with Crippen LogP contribution in [-0.4, -0.2) is 28.9 Å². The highest BCUT2D eigenvalue weighted by atomic mass is 19.1. The van der Waals surface area contributed by atoms with Gasteiger partial charge < -0.3 is 14.1 Å². The van der Waals surface area contributed by atoms with E-state index in [9.17, 15) is 9.18 Å². The standard InChI is InChI=1S/C27H25FN2O3/c1-18-14-20(9-11-22(18)28)21-10-12-25-23(15-21)29-27(33-25)24-8-5-13-30(24)26(31)17-32-16-19-6-3-2-4-7-19/h2-4,6-7,9-12,14-15,24H,5,8,13,16-17H2,1H3. The van der Waals surface area contributed by atoms with Crippen LogP contribution in [-0.2, 0) is 16.1 Å². The van der Waals surface area contributed by atoms with Gasteiger partial charge >= 0.3 is 0 Å². The molecule has 0 N–H and O–H groups in total. The number of rotatable bonds is 6. The van der Waals surface area contributed by atoms with Crippen LogP contribution in [0.5, 0.6) is 0 Å². The lowest BCUT2D eigenvalue weighted by molar-refractivity contribution is -0.137. The number of oxazole rings is 1. The lowest BCUT2D eigenvalue weighted by Gasteiger charge is -2.22. The van der Waals surface area contributed by atoms with E-state index in [1.807, 2.05) is 54.6 Å². The highest BCUT2D eigenvalue weighted by Crippen LogP contribution is 2.34. The van der Waals surface area contributed by atoms with Gasteiger partial charge in [-0.3, -0.25) is 4.79 Å². The minimum atomic E-state index is -0.220. The maximum atomic E-state index is 13.6. The van der Waals surface area contributed by atoms with Crippen LogP contribution in [0.15, 0.2) is 71.1 Å². The molecule has 0 aliphatic carbocycles. The number of hydrogen-bond donors (Lipinski definition) is 0. The quantitative estimate of drug-likeness (QED) is 0.376. The van der Waals surface area contributed by atoms with Crippen molar-refractivity contribution in [2.24, 2.45) is 0 Å². The van der Waals surface area contributed by atoms with Crippen molar-refractivity contribution in [3.8, 4) is 11.1 Å². The molecule has 5 rings (SSSR count). The number of aromatic nitrogens is 1. The van der Waals surface area contributed by atoms with Crippen LogP contribution in [0.2, 0.25) is 0 Å². The molecule has 1 atom stereocenters. The smallest absolute Gasteiger partial charge is 0.249 e. The Morgan fingerprint density at radius 2 is 1.91 bits per heavy atom. The lowest BCUT2D eigenvalue weighted by atomic mass is 10.0. The predicted octanol–water partition coefficient (Wildman–Crippen LogP) is 5.82. The average molecular weight is 445 g/mol. The van der Waals surface area contributed by atoms with E-state index in [1.54, 1.807) is 17.9 Å². The summed E-state index contributed by atoms with van der Waals surface area (Å²) < 4.78 is 25.3. The highest BCUT2D eigenvalue weighted by molar-refractivity contribution is 5.81. The fourth-order valence-corrected chi connectivity index (χ4v) is 4.33. The fourth-order valence-electron chi connectivity index (χ4n) is 4.33. The van der Waals surface area contributed by atoms with Gasteiger partial charge in [0.05, 0.1) is 6.61 Å². The van der Waals surface area contributed by atoms with Crippen molar-refractivity contribution in [3.63, 3.8) is 0 Å². The minimum Gasteiger partial charge on any atom is -0.438 e. The first-order valence-electron chi connectivity index (χ1n) is 11.2. The molecule has 1 aromatic heterocycles. The molecule has 2 heterocycles. The van der Waals surface area contributed by atoms with E-state index in [4.69, 9.17) is 14.1 Å². The average Bonchev–Trinajstić information content (AvgIpc) is 3.48. The first kappa shape index (κ1) is 21.3. The van der Waals surface area contributed by atoms with Gasteiger partial charge in [0.2, 0.25) is 11.8 Å². The van der Waals surface area contributed by atoms with Crippen molar-refractivity contribution in [2.45, 2.75) is 32.4 Å². The number of carbonyl (C=O) groups excluding carboxylic acids is 1. The fraction of sp³-hybridized carbons (Fsp3) is 0.259. The van der Waals surface area contributed by atoms with Gasteiger partial charge in [-0.15, -0.1) is 0 Å². The summed E-state index contributed by atoms with van der Waals surface area (Å²) in [5.74, 6) is 0.270. The first-order valence-corrected chi connectivity index (χ1v) is 11.2. The Balaban J connectivity index is 1.31. The molecular formula is C27H25FN2O3. The number of nitrogens with zero attached hydrogens (tertiary/aromatic N) is 2. The Kier molecular flexibility index (Phi) is 5.92. The Morgan fingerprint density at radius 1 is 1.12 bits per heavy atom. The summed E-state index contributed by atoms with van der Waals surface area (Å²) in [7, 11) is 0. The van der Waals surface area contributed by atoms with Gasteiger partial charge in [-0.1, -0.05) is 42.5 Å². The van der Waals surface area contributed by atoms with Crippen molar-refractivity contribution >= 4 is 17.0 Å². The summed E-state index contributed by atoms with van der Waals surface area (Å²) in [6, 6.07) is 20.4. The molecule has 0 bridgehead atoms. The second-order valence-corrected chi connectivity index (χ2v) is 8.42. The Labute approximate surface area is 191 Å². The van der Waals surface area contributed by atoms with Crippen LogP contribution in [0.4, 0.5) is 4.39 Å². The number of likely N-dealkylation sites (tertiary alicyclic amines) is 1. The zero-order valence-corrected chi connectivity index (χ0v) is 18.5. The molecule has 1 saturated heterocycles. The normalized spacial score (nSPS) is 15.9. The Morgan fingerprint density at radius 3 is 2.73 bits per heavy atom. The molecule has 0 radical (unpaired) electrons. The zero-order valence-electron chi connectivity index (χ0n) is 18.5. The summed E-state index contributed by atoms with van der Waals surface area (Å²) in [5.41, 5.74) is 4.90.